The van der Waals surface area contributed by atoms with Gasteiger partial charge in [0.2, 0.25) is 5.91 Å². The highest BCUT2D eigenvalue weighted by Crippen LogP contribution is 2.27. The van der Waals surface area contributed by atoms with Crippen molar-refractivity contribution in [1.29, 1.82) is 0 Å². The molecule has 154 valence electrons. The second kappa shape index (κ2) is 10.8. The van der Waals surface area contributed by atoms with Crippen molar-refractivity contribution in [2.45, 2.75) is 77.7 Å². The number of carbonyl (C=O) groups excluding carboxylic acids is 2. The minimum atomic E-state index is -0.503. The van der Waals surface area contributed by atoms with Crippen molar-refractivity contribution < 1.29 is 14.5 Å². The molecule has 0 heterocycles. The van der Waals surface area contributed by atoms with Crippen LogP contribution in [-0.2, 0) is 4.79 Å². The molecule has 1 aromatic rings. The third kappa shape index (κ3) is 6.32. The molecular weight excluding hydrogens is 358 g/mol. The van der Waals surface area contributed by atoms with Gasteiger partial charge in [-0.1, -0.05) is 33.1 Å². The van der Waals surface area contributed by atoms with Gasteiger partial charge in [-0.05, 0) is 50.2 Å². The van der Waals surface area contributed by atoms with Crippen LogP contribution in [0.2, 0.25) is 0 Å². The number of nitrogens with zero attached hydrogens (tertiary/aromatic N) is 2. The molecule has 28 heavy (non-hydrogen) atoms. The van der Waals surface area contributed by atoms with Crippen molar-refractivity contribution in [1.82, 2.24) is 10.4 Å². The van der Waals surface area contributed by atoms with Gasteiger partial charge in [0.1, 0.15) is 0 Å². The quantitative estimate of drug-likeness (QED) is 0.399. The molecule has 2 amide bonds. The molecule has 1 aromatic carbocycles. The predicted molar refractivity (Wildman–Crippen MR) is 108 cm³/mol. The van der Waals surface area contributed by atoms with E-state index in [-0.39, 0.29) is 17.6 Å². The molecule has 0 unspecified atom stereocenters. The van der Waals surface area contributed by atoms with Crippen molar-refractivity contribution in [3.8, 4) is 0 Å². The van der Waals surface area contributed by atoms with Gasteiger partial charge >= 0.3 is 0 Å². The van der Waals surface area contributed by atoms with Crippen LogP contribution in [0.25, 0.3) is 0 Å². The van der Waals surface area contributed by atoms with Crippen molar-refractivity contribution in [3.63, 3.8) is 0 Å². The molecule has 0 bridgehead atoms. The summed E-state index contributed by atoms with van der Waals surface area (Å²) in [5.74, 6) is 0.185. The normalized spacial score (nSPS) is 19.1. The Bertz CT molecular complexity index is 667. The second-order valence-electron chi connectivity index (χ2n) is 7.73. The lowest BCUT2D eigenvalue weighted by atomic mass is 9.87. The molecule has 1 aliphatic carbocycles. The van der Waals surface area contributed by atoms with E-state index in [2.05, 4.69) is 19.3 Å². The zero-order chi connectivity index (χ0) is 20.5. The van der Waals surface area contributed by atoms with E-state index < -0.39 is 10.8 Å². The Morgan fingerprint density at radius 3 is 2.32 bits per heavy atom. The van der Waals surface area contributed by atoms with Crippen LogP contribution in [0.15, 0.2) is 24.3 Å². The molecule has 1 aliphatic rings. The monoisotopic (exact) mass is 389 g/mol. The Labute approximate surface area is 166 Å². The van der Waals surface area contributed by atoms with Crippen LogP contribution in [0.4, 0.5) is 5.69 Å². The number of non-ortho nitro benzene ring substituents is 1. The van der Waals surface area contributed by atoms with Crippen LogP contribution in [0.5, 0.6) is 0 Å². The number of nitrogens with one attached hydrogen (secondary N) is 1. The summed E-state index contributed by atoms with van der Waals surface area (Å²) in [7, 11) is 0. The highest BCUT2D eigenvalue weighted by molar-refractivity contribution is 5.95. The molecule has 0 atom stereocenters. The highest BCUT2D eigenvalue weighted by Gasteiger charge is 2.29. The van der Waals surface area contributed by atoms with Gasteiger partial charge in [-0.2, -0.15) is 0 Å². The highest BCUT2D eigenvalue weighted by atomic mass is 16.6. The van der Waals surface area contributed by atoms with Gasteiger partial charge in [-0.15, -0.1) is 0 Å². The Kier molecular flexibility index (Phi) is 8.42. The zero-order valence-electron chi connectivity index (χ0n) is 16.9. The van der Waals surface area contributed by atoms with Crippen molar-refractivity contribution >= 4 is 17.5 Å². The Morgan fingerprint density at radius 1 is 1.11 bits per heavy atom. The van der Waals surface area contributed by atoms with Crippen LogP contribution >= 0.6 is 0 Å². The molecule has 1 fully saturated rings. The fourth-order valence-corrected chi connectivity index (χ4v) is 3.59. The zero-order valence-corrected chi connectivity index (χ0v) is 16.9. The number of benzene rings is 1. The van der Waals surface area contributed by atoms with E-state index in [0.717, 1.165) is 51.4 Å². The van der Waals surface area contributed by atoms with E-state index in [4.69, 9.17) is 0 Å². The maximum atomic E-state index is 12.8. The van der Waals surface area contributed by atoms with Crippen LogP contribution < -0.4 is 5.43 Å². The van der Waals surface area contributed by atoms with Crippen LogP contribution in [0, 0.1) is 16.0 Å². The Hall–Kier alpha value is -2.44. The summed E-state index contributed by atoms with van der Waals surface area (Å²) in [6, 6.07) is 5.44. The van der Waals surface area contributed by atoms with E-state index >= 15 is 0 Å². The van der Waals surface area contributed by atoms with Gasteiger partial charge in [0.25, 0.3) is 11.6 Å². The summed E-state index contributed by atoms with van der Waals surface area (Å²) in [6.07, 6.45) is 8.29. The molecule has 7 nitrogen and oxygen atoms in total. The molecule has 2 rings (SSSR count). The number of nitro groups is 1. The summed E-state index contributed by atoms with van der Waals surface area (Å²) in [5.41, 5.74) is 3.02. The Balaban J connectivity index is 2.05. The van der Waals surface area contributed by atoms with Crippen molar-refractivity contribution in [2.75, 3.05) is 0 Å². The number of nitro benzene ring substituents is 1. The lowest BCUT2D eigenvalue weighted by Gasteiger charge is -2.36. The number of hydrazine groups is 1. The van der Waals surface area contributed by atoms with E-state index in [9.17, 15) is 19.7 Å². The molecule has 1 N–H and O–H groups in total. The van der Waals surface area contributed by atoms with Crippen LogP contribution in [0.1, 0.15) is 82.0 Å². The number of unbranched alkanes of at least 4 members (excludes halogenated alkanes) is 3. The smallest absolute Gasteiger partial charge is 0.269 e. The average molecular weight is 389 g/mol. The lowest BCUT2D eigenvalue weighted by molar-refractivity contribution is -0.384. The molecule has 0 saturated heterocycles. The maximum absolute atomic E-state index is 12.8. The van der Waals surface area contributed by atoms with Gasteiger partial charge in [-0.3, -0.25) is 30.1 Å². The van der Waals surface area contributed by atoms with E-state index in [1.807, 2.05) is 0 Å². The fraction of sp³-hybridized carbons (Fsp3) is 0.619. The Morgan fingerprint density at radius 2 is 1.75 bits per heavy atom. The number of hydrogen-bond acceptors (Lipinski definition) is 4. The molecule has 7 heteroatoms. The fourth-order valence-electron chi connectivity index (χ4n) is 3.59. The third-order valence-corrected chi connectivity index (χ3v) is 5.43. The second-order valence-corrected chi connectivity index (χ2v) is 7.73. The minimum absolute atomic E-state index is 0.0110. The first kappa shape index (κ1) is 21.9. The largest absolute Gasteiger partial charge is 0.273 e. The van der Waals surface area contributed by atoms with Crippen LogP contribution in [0.3, 0.4) is 0 Å². The van der Waals surface area contributed by atoms with Crippen LogP contribution in [-0.4, -0.2) is 27.8 Å². The van der Waals surface area contributed by atoms with E-state index in [1.165, 1.54) is 29.3 Å². The molecular formula is C21H31N3O4. The summed E-state index contributed by atoms with van der Waals surface area (Å²) in [6.45, 7) is 4.34. The van der Waals surface area contributed by atoms with Crippen molar-refractivity contribution in [2.24, 2.45) is 5.92 Å². The number of carbonyl (C=O) groups is 2. The van der Waals surface area contributed by atoms with E-state index in [0.29, 0.717) is 17.9 Å². The first-order chi connectivity index (χ1) is 13.4. The summed E-state index contributed by atoms with van der Waals surface area (Å²) in [4.78, 5) is 35.7. The predicted octanol–water partition coefficient (Wildman–Crippen LogP) is 4.62. The number of rotatable bonds is 8. The summed E-state index contributed by atoms with van der Waals surface area (Å²) >= 11 is 0. The number of hydrogen-bond donors (Lipinski definition) is 1. The van der Waals surface area contributed by atoms with Crippen molar-refractivity contribution in [3.05, 3.63) is 39.9 Å². The van der Waals surface area contributed by atoms with Gasteiger partial charge in [0, 0.05) is 24.1 Å². The molecule has 0 radical (unpaired) electrons. The average Bonchev–Trinajstić information content (AvgIpc) is 2.70. The van der Waals surface area contributed by atoms with Gasteiger partial charge in [0.05, 0.1) is 11.0 Å². The lowest BCUT2D eigenvalue weighted by Crippen LogP contribution is -2.52. The SMILES string of the molecule is CCCCCCC(=O)N(NC(=O)c1ccc([N+](=O)[O-])cc1)C1CCC(C)CC1. The molecule has 0 aliphatic heterocycles. The number of amides is 2. The van der Waals surface area contributed by atoms with Gasteiger partial charge in [-0.25, -0.2) is 0 Å². The minimum Gasteiger partial charge on any atom is -0.273 e. The first-order valence-corrected chi connectivity index (χ1v) is 10.3. The maximum Gasteiger partial charge on any atom is 0.269 e. The molecule has 1 saturated carbocycles. The summed E-state index contributed by atoms with van der Waals surface area (Å²) < 4.78 is 0. The topological polar surface area (TPSA) is 92.6 Å². The first-order valence-electron chi connectivity index (χ1n) is 10.3. The van der Waals surface area contributed by atoms with E-state index in [1.54, 1.807) is 0 Å². The molecule has 0 aromatic heterocycles. The summed E-state index contributed by atoms with van der Waals surface area (Å²) in [5, 5.41) is 12.3. The van der Waals surface area contributed by atoms with Gasteiger partial charge in [0.15, 0.2) is 0 Å². The van der Waals surface area contributed by atoms with Gasteiger partial charge < -0.3 is 0 Å². The standard InChI is InChI=1S/C21H31N3O4/c1-3-4-5-6-7-20(25)23(18-12-8-16(2)9-13-18)22-21(26)17-10-14-19(15-11-17)24(27)28/h10-11,14-16,18H,3-9,12-13H2,1-2H3,(H,22,26). The third-order valence-electron chi connectivity index (χ3n) is 5.43. The molecule has 0 spiro atoms.